The van der Waals surface area contributed by atoms with E-state index in [-0.39, 0.29) is 7.92 Å². The molecule has 0 fully saturated rings. The summed E-state index contributed by atoms with van der Waals surface area (Å²) in [5.74, 6) is 0. The van der Waals surface area contributed by atoms with Gasteiger partial charge in [0.1, 0.15) is 11.0 Å². The first kappa shape index (κ1) is 20.6. The highest BCUT2D eigenvalue weighted by Gasteiger charge is 2.41. The Kier molecular flexibility index (Phi) is 5.90. The Morgan fingerprint density at radius 2 is 1.41 bits per heavy atom. The van der Waals surface area contributed by atoms with E-state index in [4.69, 9.17) is 8.83 Å². The highest BCUT2D eigenvalue weighted by molar-refractivity contribution is 7.76. The number of hydrogen-bond acceptors (Lipinski definition) is 2. The van der Waals surface area contributed by atoms with Gasteiger partial charge in [0.15, 0.2) is 0 Å². The lowest BCUT2D eigenvalue weighted by Gasteiger charge is -2.46. The van der Waals surface area contributed by atoms with Crippen LogP contribution in [0, 0.1) is 0 Å². The zero-order valence-electron chi connectivity index (χ0n) is 17.6. The van der Waals surface area contributed by atoms with Crippen molar-refractivity contribution in [3.8, 4) is 0 Å². The average Bonchev–Trinajstić information content (AvgIpc) is 3.28. The van der Waals surface area contributed by atoms with Crippen LogP contribution < -0.4 is 11.0 Å². The van der Waals surface area contributed by atoms with Crippen molar-refractivity contribution in [2.45, 2.75) is 70.9 Å². The van der Waals surface area contributed by atoms with Crippen molar-refractivity contribution in [1.82, 2.24) is 0 Å². The second-order valence-electron chi connectivity index (χ2n) is 9.14. The predicted octanol–water partition coefficient (Wildman–Crippen LogP) is 6.99. The van der Waals surface area contributed by atoms with Crippen molar-refractivity contribution < 1.29 is 8.83 Å². The van der Waals surface area contributed by atoms with E-state index in [0.717, 1.165) is 17.4 Å². The van der Waals surface area contributed by atoms with Crippen molar-refractivity contribution >= 4 is 26.8 Å². The molecular formula is C23H32O2P2. The molecule has 0 radical (unpaired) electrons. The van der Waals surface area contributed by atoms with Gasteiger partial charge in [-0.25, -0.2) is 0 Å². The van der Waals surface area contributed by atoms with Gasteiger partial charge in [-0.3, -0.25) is 0 Å². The molecule has 0 unspecified atom stereocenters. The Morgan fingerprint density at radius 1 is 0.889 bits per heavy atom. The van der Waals surface area contributed by atoms with E-state index < -0.39 is 7.92 Å². The highest BCUT2D eigenvalue weighted by Crippen LogP contribution is 2.66. The van der Waals surface area contributed by atoms with Crippen molar-refractivity contribution in [2.75, 3.05) is 0 Å². The van der Waals surface area contributed by atoms with Crippen LogP contribution in [0.2, 0.25) is 0 Å². The molecule has 2 aromatic rings. The molecule has 0 saturated heterocycles. The van der Waals surface area contributed by atoms with Gasteiger partial charge in [0.05, 0.1) is 20.4 Å². The standard InChI is InChI=1S/C23H32O2P2/c1-17(27(22(2,3)4)23(5,6)7)18-11-8-12-19(18)26(20-13-9-15-24-20)21-14-10-16-25-21/h8-10,12-17H,11H2,1-7H3/t17-/m1/s1. The van der Waals surface area contributed by atoms with Crippen LogP contribution in [0.15, 0.2) is 68.7 Å². The van der Waals surface area contributed by atoms with Crippen molar-refractivity contribution in [2.24, 2.45) is 0 Å². The van der Waals surface area contributed by atoms with E-state index in [0.29, 0.717) is 16.0 Å². The second-order valence-corrected chi connectivity index (χ2v) is 15.4. The van der Waals surface area contributed by atoms with Crippen molar-refractivity contribution in [1.29, 1.82) is 0 Å². The van der Waals surface area contributed by atoms with Gasteiger partial charge in [0.25, 0.3) is 0 Å². The van der Waals surface area contributed by atoms with Crippen LogP contribution in [-0.2, 0) is 0 Å². The minimum Gasteiger partial charge on any atom is -0.464 e. The SMILES string of the molecule is C[C@H](C1=C(P(c2ccco2)c2ccco2)C=CC1)P(C(C)(C)C)C(C)(C)C. The van der Waals surface area contributed by atoms with E-state index in [1.54, 1.807) is 18.1 Å². The van der Waals surface area contributed by atoms with E-state index in [1.807, 2.05) is 12.1 Å². The second kappa shape index (κ2) is 7.73. The van der Waals surface area contributed by atoms with Crippen LogP contribution in [0.1, 0.15) is 54.9 Å². The Labute approximate surface area is 166 Å². The summed E-state index contributed by atoms with van der Waals surface area (Å²) >= 11 is 0. The van der Waals surface area contributed by atoms with Gasteiger partial charge in [-0.05, 0) is 52.0 Å². The van der Waals surface area contributed by atoms with Gasteiger partial charge in [-0.15, -0.1) is 0 Å². The van der Waals surface area contributed by atoms with Gasteiger partial charge >= 0.3 is 0 Å². The largest absolute Gasteiger partial charge is 0.464 e. The van der Waals surface area contributed by atoms with Crippen LogP contribution in [0.4, 0.5) is 0 Å². The molecule has 146 valence electrons. The lowest BCUT2D eigenvalue weighted by molar-refractivity contribution is 0.593. The number of allylic oxidation sites excluding steroid dienone is 4. The van der Waals surface area contributed by atoms with E-state index in [9.17, 15) is 0 Å². The van der Waals surface area contributed by atoms with Crippen molar-refractivity contribution in [3.63, 3.8) is 0 Å². The first-order chi connectivity index (χ1) is 12.6. The first-order valence-corrected chi connectivity index (χ1v) is 12.4. The molecule has 1 aliphatic rings. The average molecular weight is 402 g/mol. The van der Waals surface area contributed by atoms with Gasteiger partial charge in [-0.2, -0.15) is 0 Å². The summed E-state index contributed by atoms with van der Waals surface area (Å²) in [5, 5.41) is 2.01. The number of hydrogen-bond donors (Lipinski definition) is 0. The molecule has 0 aromatic carbocycles. The summed E-state index contributed by atoms with van der Waals surface area (Å²) < 4.78 is 11.7. The minimum atomic E-state index is -0.776. The highest BCUT2D eigenvalue weighted by atomic mass is 31.1. The molecule has 0 saturated carbocycles. The molecule has 27 heavy (non-hydrogen) atoms. The summed E-state index contributed by atoms with van der Waals surface area (Å²) in [7, 11) is -1.01. The molecule has 4 heteroatoms. The quantitative estimate of drug-likeness (QED) is 0.504. The maximum absolute atomic E-state index is 5.86. The summed E-state index contributed by atoms with van der Waals surface area (Å²) in [6.45, 7) is 16.9. The van der Waals surface area contributed by atoms with Gasteiger partial charge in [0.2, 0.25) is 0 Å². The molecule has 1 atom stereocenters. The fraction of sp³-hybridized carbons (Fsp3) is 0.478. The molecule has 0 amide bonds. The minimum absolute atomic E-state index is 0.230. The van der Waals surface area contributed by atoms with Gasteiger partial charge in [0, 0.05) is 0 Å². The zero-order valence-corrected chi connectivity index (χ0v) is 19.4. The third kappa shape index (κ3) is 4.33. The Morgan fingerprint density at radius 3 is 1.81 bits per heavy atom. The topological polar surface area (TPSA) is 26.3 Å². The lowest BCUT2D eigenvalue weighted by Crippen LogP contribution is -2.31. The molecule has 0 spiro atoms. The zero-order chi connectivity index (χ0) is 19.8. The van der Waals surface area contributed by atoms with Gasteiger partial charge < -0.3 is 8.83 Å². The van der Waals surface area contributed by atoms with E-state index in [2.05, 4.69) is 72.8 Å². The molecule has 0 N–H and O–H groups in total. The Hall–Kier alpha value is -1.10. The fourth-order valence-electron chi connectivity index (χ4n) is 4.58. The molecule has 1 aliphatic carbocycles. The maximum Gasteiger partial charge on any atom is 0.137 e. The molecule has 3 rings (SSSR count). The van der Waals surface area contributed by atoms with E-state index in [1.165, 1.54) is 5.31 Å². The maximum atomic E-state index is 5.86. The summed E-state index contributed by atoms with van der Waals surface area (Å²) in [6.07, 6.45) is 9.23. The fourth-order valence-corrected chi connectivity index (χ4v) is 11.9. The number of furan rings is 2. The van der Waals surface area contributed by atoms with Crippen LogP contribution in [0.5, 0.6) is 0 Å². The smallest absolute Gasteiger partial charge is 0.137 e. The third-order valence-corrected chi connectivity index (χ3v) is 11.3. The summed E-state index contributed by atoms with van der Waals surface area (Å²) in [6, 6.07) is 8.14. The molecular weight excluding hydrogens is 370 g/mol. The molecule has 2 nitrogen and oxygen atoms in total. The monoisotopic (exact) mass is 402 g/mol. The van der Waals surface area contributed by atoms with Crippen molar-refractivity contribution in [3.05, 3.63) is 59.8 Å². The summed E-state index contributed by atoms with van der Waals surface area (Å²) in [5.41, 5.74) is 4.16. The first-order valence-electron chi connectivity index (χ1n) is 9.67. The van der Waals surface area contributed by atoms with Crippen LogP contribution in [-0.4, -0.2) is 16.0 Å². The van der Waals surface area contributed by atoms with E-state index >= 15 is 0 Å². The molecule has 0 bridgehead atoms. The normalized spacial score (nSPS) is 16.8. The van der Waals surface area contributed by atoms with Crippen LogP contribution in [0.3, 0.4) is 0 Å². The molecule has 0 aliphatic heterocycles. The lowest BCUT2D eigenvalue weighted by atomic mass is 10.2. The Balaban J connectivity index is 2.09. The Bertz CT molecular complexity index is 751. The molecule has 2 heterocycles. The third-order valence-electron chi connectivity index (χ3n) is 4.97. The van der Waals surface area contributed by atoms with Crippen LogP contribution >= 0.6 is 15.8 Å². The summed E-state index contributed by atoms with van der Waals surface area (Å²) in [4.78, 5) is 0. The predicted molar refractivity (Wildman–Crippen MR) is 120 cm³/mol. The van der Waals surface area contributed by atoms with Gasteiger partial charge in [-0.1, -0.05) is 74.1 Å². The van der Waals surface area contributed by atoms with Crippen LogP contribution in [0.25, 0.3) is 0 Å². The number of rotatable bonds is 5. The molecule has 2 aromatic heterocycles.